The van der Waals surface area contributed by atoms with Gasteiger partial charge in [-0.2, -0.15) is 22.4 Å². The molecule has 15 rings (SSSR count). The van der Waals surface area contributed by atoms with E-state index in [-0.39, 0.29) is 109 Å². The van der Waals surface area contributed by atoms with Crippen LogP contribution in [0.5, 0.6) is 51.7 Å². The minimum atomic E-state index is -0.944. The van der Waals surface area contributed by atoms with Gasteiger partial charge in [0.15, 0.2) is 68.5 Å². The number of ketones is 5. The highest BCUT2D eigenvalue weighted by Crippen LogP contribution is 2.50. The van der Waals surface area contributed by atoms with Gasteiger partial charge < -0.3 is 52.8 Å². The van der Waals surface area contributed by atoms with E-state index in [4.69, 9.17) is 47.7 Å². The minimum absolute atomic E-state index is 0.00769. The number of halogens is 4. The van der Waals surface area contributed by atoms with Crippen LogP contribution < -0.4 is 42.6 Å². The van der Waals surface area contributed by atoms with Gasteiger partial charge in [-0.3, -0.25) is 24.0 Å². The first-order chi connectivity index (χ1) is 53.9. The van der Waals surface area contributed by atoms with Gasteiger partial charge >= 0.3 is 0 Å². The van der Waals surface area contributed by atoms with Gasteiger partial charge in [0, 0.05) is 81.6 Å². The number of hydrogen-bond donors (Lipinski definition) is 2. The summed E-state index contributed by atoms with van der Waals surface area (Å²) in [7, 11) is 4.52. The van der Waals surface area contributed by atoms with Crippen LogP contribution in [0.15, 0.2) is 146 Å². The topological polar surface area (TPSA) is 248 Å². The Bertz CT molecular complexity index is 5260. The molecule has 6 aromatic carbocycles. The second-order valence-corrected chi connectivity index (χ2v) is 29.9. The van der Waals surface area contributed by atoms with E-state index >= 15 is 0 Å². The van der Waals surface area contributed by atoms with E-state index < -0.39 is 6.10 Å². The highest BCUT2D eigenvalue weighted by atomic mass is 127. The first kappa shape index (κ1) is 80.2. The number of Topliss-reactive ketones (excluding diaryl/α,β-unsaturated/α-hetero) is 5. The van der Waals surface area contributed by atoms with Crippen molar-refractivity contribution in [2.24, 2.45) is 0 Å². The average Bonchev–Trinajstić information content (AvgIpc) is 1.62. The predicted octanol–water partition coefficient (Wildman–Crippen LogP) is 19.4. The summed E-state index contributed by atoms with van der Waals surface area (Å²) in [5, 5.41) is 24.0. The fraction of sp³-hybridized carbons (Fsp3) is 0.262. The molecular formula is C84H75BF3IN3O16S3. The third-order valence-electron chi connectivity index (χ3n) is 18.0. The van der Waals surface area contributed by atoms with E-state index in [2.05, 4.69) is 37.3 Å². The van der Waals surface area contributed by atoms with Crippen LogP contribution in [-0.2, 0) is 19.8 Å². The van der Waals surface area contributed by atoms with Crippen molar-refractivity contribution < 1.29 is 90.0 Å². The number of rotatable bonds is 27. The third kappa shape index (κ3) is 18.0. The summed E-state index contributed by atoms with van der Waals surface area (Å²) in [6.45, 7) is 8.08. The van der Waals surface area contributed by atoms with E-state index in [0.717, 1.165) is 60.3 Å². The summed E-state index contributed by atoms with van der Waals surface area (Å²) >= 11 is 6.18. The number of hydrogen-bond acceptors (Lipinski definition) is 22. The van der Waals surface area contributed by atoms with Gasteiger partial charge in [-0.15, -0.1) is 34.0 Å². The third-order valence-corrected chi connectivity index (χ3v) is 21.6. The maximum Gasteiger partial charge on any atom is 0.196 e. The van der Waals surface area contributed by atoms with Gasteiger partial charge in [-0.25, -0.2) is 28.1 Å². The number of nitrogens with zero attached hydrogens (tertiary/aromatic N) is 3. The Balaban J connectivity index is 0.000000152. The number of aliphatic hydroxyl groups excluding tert-OH is 2. The molecule has 0 saturated heterocycles. The van der Waals surface area contributed by atoms with Gasteiger partial charge in [0.2, 0.25) is 0 Å². The van der Waals surface area contributed by atoms with Crippen LogP contribution in [-0.4, -0.2) is 107 Å². The van der Waals surface area contributed by atoms with Crippen LogP contribution in [0.2, 0.25) is 6.82 Å². The number of methoxy groups -OCH3 is 3. The molecule has 3 aliphatic rings. The summed E-state index contributed by atoms with van der Waals surface area (Å²) < 4.78 is 94.8. The van der Waals surface area contributed by atoms with Crippen molar-refractivity contribution in [3.63, 3.8) is 0 Å². The maximum atomic E-state index is 14.4. The summed E-state index contributed by atoms with van der Waals surface area (Å²) in [4.78, 5) is 80.8. The number of aromatic nitrogens is 3. The number of pyridine rings is 3. The average molecular weight is 1670 g/mol. The lowest BCUT2D eigenvalue weighted by Gasteiger charge is -2.19. The number of benzene rings is 6. The molecule has 6 aromatic heterocycles. The quantitative estimate of drug-likeness (QED) is 0.0276. The normalized spacial score (nSPS) is 12.1. The Morgan fingerprint density at radius 3 is 1.17 bits per heavy atom. The molecule has 3 aliphatic heterocycles. The van der Waals surface area contributed by atoms with Crippen molar-refractivity contribution in [1.29, 1.82) is 0 Å². The standard InChI is InChI=1S/C28H26FNO5S.C28H24FNO5S.C27H22FNO6S.CH3BI/c2*1-3-13-34-22-11-7-16(14-24(22)33-2)20(31)9-10-21(32)19-8-12-23-27(30-19)26-17-5-4-6-18(29)28(17)36-25(26)15-35-23;1-33-23-13-15(5-9-21(23)34-12-11-30)19(31)7-8-20(32)18-6-10-22-26(29-18)25-16-3-2-4-17(28)27(16)36-24(25)14-35-22;1-2-3/h4-8,11-12,14,21,32H,3,9-10,13,15H2,1-2H3;4-8,11-12,14H,3,9-10,13,15H2,1-2H3;2-6,9-10,13,30H,7-8,11-12,14H2,1H3;1H3. The lowest BCUT2D eigenvalue weighted by molar-refractivity contribution is 0.0914. The molecule has 12 aromatic rings. The fourth-order valence-electron chi connectivity index (χ4n) is 12.7. The highest BCUT2D eigenvalue weighted by molar-refractivity contribution is 14.1. The Hall–Kier alpha value is -10.3. The highest BCUT2D eigenvalue weighted by Gasteiger charge is 2.31. The lowest BCUT2D eigenvalue weighted by Crippen LogP contribution is -2.10. The number of thiophene rings is 3. The van der Waals surface area contributed by atoms with Crippen molar-refractivity contribution in [3.05, 3.63) is 211 Å². The SMILES string of the molecule is CCCOc1ccc(C(=O)CCC(=O)c2ccc3c(n2)-c2c(sc4c(F)cccc24)CO3)cc1OC.CCCOc1ccc(C(=O)CCC(O)c2ccc3c(n2)-c2c(sc4c(F)cccc24)CO3)cc1OC.COc1cc(C(=O)CCC(=O)c2ccc3c(n2)-c2c(sc4c(F)cccc24)CO3)ccc1OCCO.C[B]I. The summed E-state index contributed by atoms with van der Waals surface area (Å²) in [6, 6.07) is 39.8. The molecule has 571 valence electrons. The summed E-state index contributed by atoms with van der Waals surface area (Å²) in [5.41, 5.74) is 6.30. The van der Waals surface area contributed by atoms with Gasteiger partial charge in [0.05, 0.1) is 81.7 Å². The zero-order valence-corrected chi connectivity index (χ0v) is 65.9. The Morgan fingerprint density at radius 1 is 0.468 bits per heavy atom. The van der Waals surface area contributed by atoms with Gasteiger partial charge in [-0.05, 0) is 128 Å². The minimum Gasteiger partial charge on any atom is -0.493 e. The number of ether oxygens (including phenoxy) is 9. The number of fused-ring (bicyclic) bond motifs is 15. The molecule has 0 bridgehead atoms. The molecule has 0 aliphatic carbocycles. The van der Waals surface area contributed by atoms with Crippen molar-refractivity contribution in [1.82, 2.24) is 15.0 Å². The first-order valence-electron chi connectivity index (χ1n) is 35.7. The predicted molar refractivity (Wildman–Crippen MR) is 431 cm³/mol. The van der Waals surface area contributed by atoms with E-state index in [9.17, 15) is 42.3 Å². The van der Waals surface area contributed by atoms with Crippen LogP contribution in [0.25, 0.3) is 64.0 Å². The Kier molecular flexibility index (Phi) is 26.9. The summed E-state index contributed by atoms with van der Waals surface area (Å²) in [5.74, 6) is 2.71. The molecule has 1 unspecified atom stereocenters. The largest absolute Gasteiger partial charge is 0.493 e. The molecule has 0 spiro atoms. The number of aliphatic hydroxyl groups is 2. The molecule has 0 amide bonds. The Labute approximate surface area is 663 Å². The first-order valence-corrected chi connectivity index (χ1v) is 39.4. The van der Waals surface area contributed by atoms with E-state index in [0.29, 0.717) is 138 Å². The monoisotopic (exact) mass is 1670 g/mol. The number of carbonyl (C=O) groups is 5. The van der Waals surface area contributed by atoms with E-state index in [1.165, 1.54) is 73.5 Å². The Morgan fingerprint density at radius 2 is 0.811 bits per heavy atom. The number of carbonyl (C=O) groups excluding carboxylic acids is 5. The molecule has 111 heavy (non-hydrogen) atoms. The van der Waals surface area contributed by atoms with Crippen molar-refractivity contribution >= 4 is 121 Å². The van der Waals surface area contributed by atoms with Gasteiger partial charge in [0.1, 0.15) is 89.6 Å². The van der Waals surface area contributed by atoms with E-state index in [1.807, 2.05) is 44.0 Å². The molecule has 1 radical (unpaired) electrons. The summed E-state index contributed by atoms with van der Waals surface area (Å²) in [6.07, 6.45) is 1.12. The molecule has 27 heteroatoms. The van der Waals surface area contributed by atoms with Gasteiger partial charge in [-0.1, -0.05) is 57.1 Å². The fourth-order valence-corrected chi connectivity index (χ4v) is 16.0. The van der Waals surface area contributed by atoms with Crippen molar-refractivity contribution in [2.75, 3.05) is 47.8 Å². The molecule has 0 fully saturated rings. The van der Waals surface area contributed by atoms with Crippen LogP contribution in [0, 0.1) is 17.5 Å². The molecule has 9 heterocycles. The lowest BCUT2D eigenvalue weighted by atomic mass is 10.0. The molecule has 19 nitrogen and oxygen atoms in total. The molecule has 1 atom stereocenters. The van der Waals surface area contributed by atoms with Crippen LogP contribution >= 0.6 is 56.4 Å². The second-order valence-electron chi connectivity index (χ2n) is 25.3. The maximum absolute atomic E-state index is 14.4. The zero-order valence-electron chi connectivity index (χ0n) is 61.3. The van der Waals surface area contributed by atoms with Gasteiger partial charge in [0.25, 0.3) is 0 Å². The smallest absolute Gasteiger partial charge is 0.196 e. The molecular weight excluding hydrogens is 1600 g/mol. The molecule has 2 N–H and O–H groups in total. The van der Waals surface area contributed by atoms with Crippen LogP contribution in [0.3, 0.4) is 0 Å². The van der Waals surface area contributed by atoms with Crippen molar-refractivity contribution in [3.8, 4) is 85.5 Å². The zero-order chi connectivity index (χ0) is 78.4. The van der Waals surface area contributed by atoms with Crippen LogP contribution in [0.1, 0.15) is 144 Å². The van der Waals surface area contributed by atoms with Crippen molar-refractivity contribution in [2.45, 2.75) is 98.0 Å². The van der Waals surface area contributed by atoms with E-state index in [1.54, 1.807) is 109 Å². The second kappa shape index (κ2) is 37.1. The molecule has 0 saturated carbocycles. The van der Waals surface area contributed by atoms with Crippen LogP contribution in [0.4, 0.5) is 13.2 Å².